The molecule has 2 heterocycles. The van der Waals surface area contributed by atoms with Crippen LogP contribution in [0.2, 0.25) is 5.02 Å². The van der Waals surface area contributed by atoms with Gasteiger partial charge in [0.05, 0.1) is 11.8 Å². The number of allylic oxidation sites excluding steroid dienone is 1. The van der Waals surface area contributed by atoms with Crippen LogP contribution in [0.5, 0.6) is 0 Å². The molecule has 0 aliphatic rings. The minimum Gasteiger partial charge on any atom is -0.457 e. The normalized spacial score (nSPS) is 11.5. The number of furan rings is 1. The molecule has 0 aliphatic carbocycles. The first-order chi connectivity index (χ1) is 11.5. The van der Waals surface area contributed by atoms with E-state index in [1.165, 1.54) is 6.08 Å². The summed E-state index contributed by atoms with van der Waals surface area (Å²) in [6.07, 6.45) is 6.48. The van der Waals surface area contributed by atoms with E-state index in [0.29, 0.717) is 16.3 Å². The number of hydrogen-bond donors (Lipinski definition) is 0. The van der Waals surface area contributed by atoms with E-state index in [1.54, 1.807) is 23.2 Å². The van der Waals surface area contributed by atoms with Crippen molar-refractivity contribution in [1.82, 2.24) is 9.78 Å². The first-order valence-electron chi connectivity index (χ1n) is 7.65. The fraction of sp³-hybridized carbons (Fsp3) is 0.158. The minimum absolute atomic E-state index is 0.105. The highest BCUT2D eigenvalue weighted by Crippen LogP contribution is 2.24. The summed E-state index contributed by atoms with van der Waals surface area (Å²) < 4.78 is 7.49. The monoisotopic (exact) mass is 340 g/mol. The average Bonchev–Trinajstić information content (AvgIpc) is 3.23. The van der Waals surface area contributed by atoms with Crippen LogP contribution in [0.3, 0.4) is 0 Å². The van der Waals surface area contributed by atoms with Crippen LogP contribution >= 0.6 is 11.6 Å². The van der Waals surface area contributed by atoms with Crippen LogP contribution < -0.4 is 0 Å². The molecule has 3 aromatic rings. The van der Waals surface area contributed by atoms with E-state index in [0.717, 1.165) is 11.3 Å². The van der Waals surface area contributed by atoms with Crippen LogP contribution in [0, 0.1) is 0 Å². The van der Waals surface area contributed by atoms with Gasteiger partial charge in [-0.3, -0.25) is 9.48 Å². The molecule has 0 amide bonds. The van der Waals surface area contributed by atoms with Gasteiger partial charge in [-0.25, -0.2) is 0 Å². The van der Waals surface area contributed by atoms with Crippen molar-refractivity contribution in [2.45, 2.75) is 19.9 Å². The number of carbonyl (C=O) groups is 1. The Hall–Kier alpha value is -2.59. The molecule has 0 atom stereocenters. The molecule has 0 fully saturated rings. The molecule has 4 nitrogen and oxygen atoms in total. The van der Waals surface area contributed by atoms with E-state index in [2.05, 4.69) is 5.10 Å². The summed E-state index contributed by atoms with van der Waals surface area (Å²) in [5, 5.41) is 4.85. The molecule has 122 valence electrons. The SMILES string of the molecule is CC(C)n1cc(C(=O)C=Cc2ccc(-c3ccc(Cl)cc3)o2)cn1. The minimum atomic E-state index is -0.105. The van der Waals surface area contributed by atoms with Crippen LogP contribution in [0.15, 0.2) is 59.3 Å². The Kier molecular flexibility index (Phi) is 4.67. The predicted octanol–water partition coefficient (Wildman–Crippen LogP) is 5.27. The molecule has 0 aliphatic heterocycles. The maximum absolute atomic E-state index is 12.2. The fourth-order valence-corrected chi connectivity index (χ4v) is 2.34. The third kappa shape index (κ3) is 3.66. The molecule has 0 radical (unpaired) electrons. The lowest BCUT2D eigenvalue weighted by atomic mass is 10.2. The fourth-order valence-electron chi connectivity index (χ4n) is 2.21. The van der Waals surface area contributed by atoms with Crippen molar-refractivity contribution in [3.05, 3.63) is 71.2 Å². The van der Waals surface area contributed by atoms with E-state index in [4.69, 9.17) is 16.0 Å². The summed E-state index contributed by atoms with van der Waals surface area (Å²) in [5.74, 6) is 1.24. The number of hydrogen-bond acceptors (Lipinski definition) is 3. The highest BCUT2D eigenvalue weighted by molar-refractivity contribution is 6.30. The molecule has 1 aromatic carbocycles. The maximum atomic E-state index is 12.2. The van der Waals surface area contributed by atoms with Crippen molar-refractivity contribution >= 4 is 23.5 Å². The van der Waals surface area contributed by atoms with E-state index in [1.807, 2.05) is 50.2 Å². The lowest BCUT2D eigenvalue weighted by molar-refractivity contribution is 0.104. The van der Waals surface area contributed by atoms with E-state index < -0.39 is 0 Å². The van der Waals surface area contributed by atoms with Gasteiger partial charge in [-0.15, -0.1) is 0 Å². The first kappa shape index (κ1) is 16.3. The second-order valence-corrected chi connectivity index (χ2v) is 6.15. The van der Waals surface area contributed by atoms with Crippen molar-refractivity contribution < 1.29 is 9.21 Å². The zero-order valence-corrected chi connectivity index (χ0v) is 14.2. The van der Waals surface area contributed by atoms with Gasteiger partial charge in [-0.05, 0) is 62.4 Å². The van der Waals surface area contributed by atoms with Crippen LogP contribution in [-0.4, -0.2) is 15.6 Å². The molecular weight excluding hydrogens is 324 g/mol. The Morgan fingerprint density at radius 1 is 1.21 bits per heavy atom. The van der Waals surface area contributed by atoms with Crippen molar-refractivity contribution in [2.75, 3.05) is 0 Å². The van der Waals surface area contributed by atoms with Crippen molar-refractivity contribution in [1.29, 1.82) is 0 Å². The average molecular weight is 341 g/mol. The Balaban J connectivity index is 1.72. The quantitative estimate of drug-likeness (QED) is 0.469. The molecule has 0 spiro atoms. The number of carbonyl (C=O) groups excluding carboxylic acids is 1. The van der Waals surface area contributed by atoms with Crippen molar-refractivity contribution in [3.8, 4) is 11.3 Å². The molecule has 24 heavy (non-hydrogen) atoms. The lowest BCUT2D eigenvalue weighted by Crippen LogP contribution is -2.00. The molecule has 0 N–H and O–H groups in total. The van der Waals surface area contributed by atoms with Gasteiger partial charge >= 0.3 is 0 Å². The second kappa shape index (κ2) is 6.89. The number of halogens is 1. The Morgan fingerprint density at radius 2 is 1.96 bits per heavy atom. The molecule has 0 saturated carbocycles. The summed E-state index contributed by atoms with van der Waals surface area (Å²) in [4.78, 5) is 12.2. The van der Waals surface area contributed by atoms with E-state index >= 15 is 0 Å². The van der Waals surface area contributed by atoms with E-state index in [9.17, 15) is 4.79 Å². The molecule has 0 bridgehead atoms. The third-order valence-electron chi connectivity index (χ3n) is 3.57. The molecular formula is C19H17ClN2O2. The van der Waals surface area contributed by atoms with E-state index in [-0.39, 0.29) is 11.8 Å². The third-order valence-corrected chi connectivity index (χ3v) is 3.82. The summed E-state index contributed by atoms with van der Waals surface area (Å²) in [5.41, 5.74) is 1.49. The Morgan fingerprint density at radius 3 is 2.62 bits per heavy atom. The first-order valence-corrected chi connectivity index (χ1v) is 8.03. The Labute approximate surface area is 145 Å². The van der Waals surface area contributed by atoms with Gasteiger partial charge in [0, 0.05) is 22.8 Å². The topological polar surface area (TPSA) is 48.0 Å². The number of benzene rings is 1. The predicted molar refractivity (Wildman–Crippen MR) is 95.1 cm³/mol. The van der Waals surface area contributed by atoms with Crippen molar-refractivity contribution in [2.24, 2.45) is 0 Å². The Bertz CT molecular complexity index is 873. The summed E-state index contributed by atoms with van der Waals surface area (Å²) in [6, 6.07) is 11.3. The van der Waals surface area contributed by atoms with Gasteiger partial charge in [0.15, 0.2) is 5.78 Å². The highest BCUT2D eigenvalue weighted by atomic mass is 35.5. The van der Waals surface area contributed by atoms with Crippen LogP contribution in [0.1, 0.15) is 36.0 Å². The molecule has 0 saturated heterocycles. The van der Waals surface area contributed by atoms with Gasteiger partial charge in [0.25, 0.3) is 0 Å². The number of aromatic nitrogens is 2. The van der Waals surface area contributed by atoms with Crippen LogP contribution in [0.4, 0.5) is 0 Å². The van der Waals surface area contributed by atoms with Gasteiger partial charge in [0.2, 0.25) is 0 Å². The lowest BCUT2D eigenvalue weighted by Gasteiger charge is -2.02. The maximum Gasteiger partial charge on any atom is 0.189 e. The largest absolute Gasteiger partial charge is 0.457 e. The summed E-state index contributed by atoms with van der Waals surface area (Å²) in [6.45, 7) is 4.02. The number of rotatable bonds is 5. The van der Waals surface area contributed by atoms with Gasteiger partial charge in [0.1, 0.15) is 11.5 Å². The highest BCUT2D eigenvalue weighted by Gasteiger charge is 2.08. The van der Waals surface area contributed by atoms with Gasteiger partial charge in [-0.1, -0.05) is 11.6 Å². The van der Waals surface area contributed by atoms with Crippen LogP contribution in [-0.2, 0) is 0 Å². The summed E-state index contributed by atoms with van der Waals surface area (Å²) >= 11 is 5.88. The molecule has 0 unspecified atom stereocenters. The molecule has 5 heteroatoms. The standard InChI is InChI=1S/C19H17ClN2O2/c1-13(2)22-12-15(11-21-22)18(23)9-7-17-8-10-19(24-17)14-3-5-16(20)6-4-14/h3-13H,1-2H3. The second-order valence-electron chi connectivity index (χ2n) is 5.71. The van der Waals surface area contributed by atoms with Crippen molar-refractivity contribution in [3.63, 3.8) is 0 Å². The molecule has 2 aromatic heterocycles. The van der Waals surface area contributed by atoms with Gasteiger partial charge < -0.3 is 4.42 Å². The van der Waals surface area contributed by atoms with Crippen LogP contribution in [0.25, 0.3) is 17.4 Å². The zero-order valence-electron chi connectivity index (χ0n) is 13.4. The summed E-state index contributed by atoms with van der Waals surface area (Å²) in [7, 11) is 0. The number of ketones is 1. The molecule has 3 rings (SSSR count). The number of nitrogens with zero attached hydrogens (tertiary/aromatic N) is 2. The zero-order chi connectivity index (χ0) is 17.1. The van der Waals surface area contributed by atoms with Gasteiger partial charge in [-0.2, -0.15) is 5.10 Å². The smallest absolute Gasteiger partial charge is 0.189 e.